The van der Waals surface area contributed by atoms with Gasteiger partial charge in [0.25, 0.3) is 0 Å². The number of rotatable bonds is 3. The summed E-state index contributed by atoms with van der Waals surface area (Å²) < 4.78 is 5.17. The Balaban J connectivity index is 4.83. The Kier molecular flexibility index (Phi) is 5.20. The summed E-state index contributed by atoms with van der Waals surface area (Å²) in [6.07, 6.45) is -0.239. The minimum Gasteiger partial charge on any atom is -0.480 e. The first-order chi connectivity index (χ1) is 7.83. The topological polar surface area (TPSA) is 66.8 Å². The van der Waals surface area contributed by atoms with Gasteiger partial charge in [-0.3, -0.25) is 4.90 Å². The van der Waals surface area contributed by atoms with E-state index in [-0.39, 0.29) is 5.41 Å². The summed E-state index contributed by atoms with van der Waals surface area (Å²) in [6.45, 7) is 11.1. The van der Waals surface area contributed by atoms with E-state index in [2.05, 4.69) is 0 Å². The van der Waals surface area contributed by atoms with Crippen molar-refractivity contribution in [2.24, 2.45) is 5.41 Å². The molecule has 0 aromatic carbocycles. The summed E-state index contributed by atoms with van der Waals surface area (Å²) in [7, 11) is 1.46. The lowest BCUT2D eigenvalue weighted by Gasteiger charge is -2.31. The third-order valence-electron chi connectivity index (χ3n) is 2.24. The first-order valence-electron chi connectivity index (χ1n) is 6.02. The van der Waals surface area contributed by atoms with Crippen molar-refractivity contribution >= 4 is 12.1 Å². The number of hydrogen-bond donors (Lipinski definition) is 1. The molecule has 5 nitrogen and oxygen atoms in total. The van der Waals surface area contributed by atoms with Crippen molar-refractivity contribution in [3.05, 3.63) is 0 Å². The van der Waals surface area contributed by atoms with Crippen LogP contribution in [0.1, 0.15) is 48.0 Å². The number of ether oxygens (including phenoxy) is 1. The molecule has 0 heterocycles. The number of amides is 1. The van der Waals surface area contributed by atoms with Crippen molar-refractivity contribution in [3.8, 4) is 0 Å². The van der Waals surface area contributed by atoms with Crippen molar-refractivity contribution in [3.63, 3.8) is 0 Å². The highest BCUT2D eigenvalue weighted by Crippen LogP contribution is 2.24. The lowest BCUT2D eigenvalue weighted by Crippen LogP contribution is -2.46. The van der Waals surface area contributed by atoms with Gasteiger partial charge < -0.3 is 9.84 Å². The Labute approximate surface area is 109 Å². The summed E-state index contributed by atoms with van der Waals surface area (Å²) >= 11 is 0. The van der Waals surface area contributed by atoms with E-state index >= 15 is 0 Å². The van der Waals surface area contributed by atoms with Gasteiger partial charge in [0.2, 0.25) is 0 Å². The number of aliphatic carboxylic acids is 1. The number of carbonyl (C=O) groups is 2. The third kappa shape index (κ3) is 6.47. The maximum absolute atomic E-state index is 11.8. The van der Waals surface area contributed by atoms with Crippen LogP contribution in [0.4, 0.5) is 4.79 Å². The molecule has 0 saturated carbocycles. The first-order valence-corrected chi connectivity index (χ1v) is 6.02. The molecule has 0 rings (SSSR count). The molecule has 1 amide bonds. The van der Waals surface area contributed by atoms with Gasteiger partial charge in [0.15, 0.2) is 0 Å². The normalized spacial score (nSPS) is 13.9. The fraction of sp³-hybridized carbons (Fsp3) is 0.846. The van der Waals surface area contributed by atoms with E-state index in [1.807, 2.05) is 20.8 Å². The number of carboxylic acids is 1. The van der Waals surface area contributed by atoms with Crippen LogP contribution in [-0.4, -0.2) is 40.8 Å². The largest absolute Gasteiger partial charge is 0.480 e. The molecule has 1 N–H and O–H groups in total. The van der Waals surface area contributed by atoms with Crippen LogP contribution < -0.4 is 0 Å². The van der Waals surface area contributed by atoms with E-state index < -0.39 is 23.7 Å². The predicted octanol–water partition coefficient (Wildman–Crippen LogP) is 2.74. The standard InChI is InChI=1S/C13H25NO4/c1-12(2,3)8-9(10(15)16)14(7)11(17)18-13(4,5)6/h9H,8H2,1-7H3,(H,15,16). The van der Waals surface area contributed by atoms with E-state index in [0.717, 1.165) is 4.90 Å². The van der Waals surface area contributed by atoms with Gasteiger partial charge in [0, 0.05) is 7.05 Å². The Hall–Kier alpha value is -1.26. The molecule has 0 saturated heterocycles. The second-order valence-corrected chi connectivity index (χ2v) is 6.71. The fourth-order valence-corrected chi connectivity index (χ4v) is 1.43. The fourth-order valence-electron chi connectivity index (χ4n) is 1.43. The Morgan fingerprint density at radius 3 is 1.89 bits per heavy atom. The van der Waals surface area contributed by atoms with Crippen LogP contribution in [0.25, 0.3) is 0 Å². The summed E-state index contributed by atoms with van der Waals surface area (Å²) in [4.78, 5) is 24.2. The number of nitrogens with zero attached hydrogens (tertiary/aromatic N) is 1. The maximum Gasteiger partial charge on any atom is 0.410 e. The molecule has 5 heteroatoms. The Morgan fingerprint density at radius 2 is 1.61 bits per heavy atom. The van der Waals surface area contributed by atoms with Gasteiger partial charge in [-0.25, -0.2) is 9.59 Å². The Morgan fingerprint density at radius 1 is 1.17 bits per heavy atom. The minimum absolute atomic E-state index is 0.181. The van der Waals surface area contributed by atoms with Gasteiger partial charge in [-0.2, -0.15) is 0 Å². The van der Waals surface area contributed by atoms with Crippen molar-refractivity contribution < 1.29 is 19.4 Å². The third-order valence-corrected chi connectivity index (χ3v) is 2.24. The molecule has 0 fully saturated rings. The van der Waals surface area contributed by atoms with E-state index in [1.165, 1.54) is 7.05 Å². The highest BCUT2D eigenvalue weighted by atomic mass is 16.6. The number of carboxylic acid groups (broad SMARTS) is 1. The molecule has 0 aliphatic carbocycles. The zero-order valence-electron chi connectivity index (χ0n) is 12.4. The number of hydrogen-bond acceptors (Lipinski definition) is 3. The molecule has 0 aliphatic rings. The van der Waals surface area contributed by atoms with Crippen molar-refractivity contribution in [1.29, 1.82) is 0 Å². The molecule has 0 aliphatic heterocycles. The van der Waals surface area contributed by atoms with Crippen molar-refractivity contribution in [1.82, 2.24) is 4.90 Å². The Bertz CT molecular complexity index is 312. The number of likely N-dealkylation sites (N-methyl/N-ethyl adjacent to an activating group) is 1. The molecule has 18 heavy (non-hydrogen) atoms. The highest BCUT2D eigenvalue weighted by molar-refractivity contribution is 5.80. The van der Waals surface area contributed by atoms with Gasteiger partial charge in [0.1, 0.15) is 11.6 Å². The molecule has 0 aromatic rings. The van der Waals surface area contributed by atoms with Crippen molar-refractivity contribution in [2.75, 3.05) is 7.05 Å². The molecule has 106 valence electrons. The number of carbonyl (C=O) groups excluding carboxylic acids is 1. The second-order valence-electron chi connectivity index (χ2n) is 6.71. The predicted molar refractivity (Wildman–Crippen MR) is 69.5 cm³/mol. The summed E-state index contributed by atoms with van der Waals surface area (Å²) in [6, 6.07) is -0.875. The van der Waals surface area contributed by atoms with Crippen LogP contribution in [0.15, 0.2) is 0 Å². The lowest BCUT2D eigenvalue weighted by atomic mass is 9.87. The maximum atomic E-state index is 11.8. The lowest BCUT2D eigenvalue weighted by molar-refractivity contribution is -0.143. The zero-order valence-corrected chi connectivity index (χ0v) is 12.4. The average Bonchev–Trinajstić information content (AvgIpc) is 2.08. The van der Waals surface area contributed by atoms with Gasteiger partial charge >= 0.3 is 12.1 Å². The molecule has 0 spiro atoms. The van der Waals surface area contributed by atoms with E-state index in [4.69, 9.17) is 4.74 Å². The molecular weight excluding hydrogens is 234 g/mol. The molecular formula is C13H25NO4. The quantitative estimate of drug-likeness (QED) is 0.846. The van der Waals surface area contributed by atoms with E-state index in [0.29, 0.717) is 6.42 Å². The summed E-state index contributed by atoms with van der Waals surface area (Å²) in [5.41, 5.74) is -0.810. The zero-order chi connectivity index (χ0) is 14.7. The van der Waals surface area contributed by atoms with Crippen LogP contribution in [0, 0.1) is 5.41 Å². The SMILES string of the molecule is CN(C(=O)OC(C)(C)C)C(CC(C)(C)C)C(=O)O. The monoisotopic (exact) mass is 259 g/mol. The van der Waals surface area contributed by atoms with Gasteiger partial charge in [-0.05, 0) is 32.6 Å². The summed E-state index contributed by atoms with van der Waals surface area (Å²) in [5.74, 6) is -1.02. The first kappa shape index (κ1) is 16.7. The summed E-state index contributed by atoms with van der Waals surface area (Å²) in [5, 5.41) is 9.20. The molecule has 0 radical (unpaired) electrons. The minimum atomic E-state index is -1.02. The smallest absolute Gasteiger partial charge is 0.410 e. The molecule has 1 unspecified atom stereocenters. The van der Waals surface area contributed by atoms with Gasteiger partial charge in [0.05, 0.1) is 0 Å². The van der Waals surface area contributed by atoms with Crippen LogP contribution in [0.3, 0.4) is 0 Å². The van der Waals surface area contributed by atoms with Crippen LogP contribution in [0.5, 0.6) is 0 Å². The molecule has 0 aromatic heterocycles. The molecule has 1 atom stereocenters. The van der Waals surface area contributed by atoms with Gasteiger partial charge in [-0.1, -0.05) is 20.8 Å². The highest BCUT2D eigenvalue weighted by Gasteiger charge is 2.33. The molecule has 0 bridgehead atoms. The van der Waals surface area contributed by atoms with Crippen LogP contribution in [0.2, 0.25) is 0 Å². The van der Waals surface area contributed by atoms with Gasteiger partial charge in [-0.15, -0.1) is 0 Å². The second kappa shape index (κ2) is 5.59. The van der Waals surface area contributed by atoms with Crippen LogP contribution in [-0.2, 0) is 9.53 Å². The van der Waals surface area contributed by atoms with Crippen LogP contribution >= 0.6 is 0 Å². The van der Waals surface area contributed by atoms with E-state index in [9.17, 15) is 14.7 Å². The average molecular weight is 259 g/mol. The van der Waals surface area contributed by atoms with E-state index in [1.54, 1.807) is 20.8 Å². The van der Waals surface area contributed by atoms with Crippen molar-refractivity contribution in [2.45, 2.75) is 59.6 Å².